The average molecular weight is 688 g/mol. The predicted molar refractivity (Wildman–Crippen MR) is 195 cm³/mol. The summed E-state index contributed by atoms with van der Waals surface area (Å²) in [4.78, 5) is 54.9. The van der Waals surface area contributed by atoms with Crippen LogP contribution in [0.2, 0.25) is 0 Å². The fourth-order valence-electron chi connectivity index (χ4n) is 6.96. The molecule has 51 heavy (non-hydrogen) atoms. The molecule has 12 nitrogen and oxygen atoms in total. The monoisotopic (exact) mass is 687 g/mol. The van der Waals surface area contributed by atoms with E-state index in [0.29, 0.717) is 25.5 Å². The molecular weight excluding hydrogens is 642 g/mol. The number of amides is 2. The van der Waals surface area contributed by atoms with E-state index in [2.05, 4.69) is 78.8 Å². The molecule has 2 saturated heterocycles. The van der Waals surface area contributed by atoms with Gasteiger partial charge in [0.05, 0.1) is 35.9 Å². The van der Waals surface area contributed by atoms with Crippen LogP contribution in [0.1, 0.15) is 83.5 Å². The Bertz CT molecular complexity index is 1950. The molecule has 0 saturated carbocycles. The molecular formula is C39H45N9O3. The molecule has 7 rings (SSSR count). The van der Waals surface area contributed by atoms with E-state index in [-0.39, 0.29) is 24.1 Å². The molecule has 3 N–H and O–H groups in total. The minimum Gasteiger partial charge on any atom is -0.444 e. The number of hydrogen-bond acceptors (Lipinski definition) is 8. The predicted octanol–water partition coefficient (Wildman–Crippen LogP) is 7.55. The maximum atomic E-state index is 13.6. The van der Waals surface area contributed by atoms with Crippen LogP contribution < -0.4 is 5.32 Å². The van der Waals surface area contributed by atoms with Gasteiger partial charge in [-0.1, -0.05) is 55.5 Å². The first-order chi connectivity index (χ1) is 24.7. The minimum absolute atomic E-state index is 0.0346. The van der Waals surface area contributed by atoms with E-state index in [1.807, 2.05) is 45.0 Å². The highest BCUT2D eigenvalue weighted by molar-refractivity contribution is 5.85. The Morgan fingerprint density at radius 2 is 1.27 bits per heavy atom. The van der Waals surface area contributed by atoms with Gasteiger partial charge in [-0.15, -0.1) is 0 Å². The number of imidazole rings is 2. The summed E-state index contributed by atoms with van der Waals surface area (Å²) in [5, 5.41) is 3.20. The highest BCUT2D eigenvalue weighted by Gasteiger charge is 2.36. The molecule has 2 aliphatic heterocycles. The number of H-pyrrole nitrogens is 2. The Labute approximate surface area is 298 Å². The number of aromatic amines is 2. The molecule has 264 valence electrons. The number of aromatic nitrogens is 6. The fourth-order valence-corrected chi connectivity index (χ4v) is 6.96. The van der Waals surface area contributed by atoms with E-state index >= 15 is 0 Å². The Kier molecular flexibility index (Phi) is 9.57. The van der Waals surface area contributed by atoms with E-state index in [0.717, 1.165) is 71.0 Å². The second-order valence-corrected chi connectivity index (χ2v) is 14.2. The zero-order valence-electron chi connectivity index (χ0n) is 29.6. The number of anilines is 1. The van der Waals surface area contributed by atoms with E-state index < -0.39 is 11.6 Å². The van der Waals surface area contributed by atoms with Crippen LogP contribution in [0.25, 0.3) is 33.6 Å². The van der Waals surface area contributed by atoms with Crippen molar-refractivity contribution in [2.45, 2.75) is 83.5 Å². The van der Waals surface area contributed by atoms with E-state index in [1.54, 1.807) is 23.4 Å². The summed E-state index contributed by atoms with van der Waals surface area (Å²) in [5.74, 6) is 2.07. The van der Waals surface area contributed by atoms with Gasteiger partial charge in [-0.05, 0) is 81.2 Å². The van der Waals surface area contributed by atoms with Crippen molar-refractivity contribution in [3.8, 4) is 33.6 Å². The first-order valence-corrected chi connectivity index (χ1v) is 17.8. The van der Waals surface area contributed by atoms with Gasteiger partial charge < -0.3 is 24.9 Å². The molecule has 2 aromatic carbocycles. The fraction of sp³-hybridized carbons (Fsp3) is 0.385. The van der Waals surface area contributed by atoms with Crippen molar-refractivity contribution >= 4 is 17.9 Å². The molecule has 0 bridgehead atoms. The molecule has 2 aliphatic rings. The third-order valence-electron chi connectivity index (χ3n) is 9.54. The number of carbonyl (C=O) groups is 2. The molecule has 5 heterocycles. The lowest BCUT2D eigenvalue weighted by Crippen LogP contribution is -2.42. The summed E-state index contributed by atoms with van der Waals surface area (Å²) in [5.41, 5.74) is 5.53. The van der Waals surface area contributed by atoms with Crippen LogP contribution in [0.15, 0.2) is 79.4 Å². The summed E-state index contributed by atoms with van der Waals surface area (Å²) in [7, 11) is 0. The van der Waals surface area contributed by atoms with Crippen molar-refractivity contribution < 1.29 is 14.3 Å². The van der Waals surface area contributed by atoms with Gasteiger partial charge in [-0.25, -0.2) is 24.7 Å². The van der Waals surface area contributed by atoms with E-state index in [4.69, 9.17) is 9.72 Å². The van der Waals surface area contributed by atoms with Crippen LogP contribution in [0.3, 0.4) is 0 Å². The standard InChI is InChI=1S/C39H45N9O3/c1-5-29(46-37-40-19-8-20-41-37)36(49)47-21-6-9-32(47)34-42-23-30(44-34)27-15-11-25(12-16-27)26-13-17-28(18-14-26)31-24-43-35(45-31)33-10-7-22-48(33)38(50)51-39(2,3)4/h8,11-20,23-24,29,32-33H,5-7,9-10,21-22H2,1-4H3,(H,42,44)(H,43,45)(H,40,41,46)/t29-,32-,33-/m0/s1. The van der Waals surface area contributed by atoms with Crippen LogP contribution in [-0.2, 0) is 9.53 Å². The van der Waals surface area contributed by atoms with E-state index in [9.17, 15) is 9.59 Å². The lowest BCUT2D eigenvalue weighted by Gasteiger charge is -2.28. The molecule has 3 aromatic heterocycles. The Balaban J connectivity index is 0.995. The van der Waals surface area contributed by atoms with Gasteiger partial charge in [-0.2, -0.15) is 0 Å². The maximum absolute atomic E-state index is 13.6. The molecule has 3 atom stereocenters. The first-order valence-electron chi connectivity index (χ1n) is 17.8. The van der Waals surface area contributed by atoms with Gasteiger partial charge in [0.25, 0.3) is 0 Å². The third-order valence-corrected chi connectivity index (χ3v) is 9.54. The highest BCUT2D eigenvalue weighted by Crippen LogP contribution is 2.35. The van der Waals surface area contributed by atoms with Gasteiger partial charge in [0.2, 0.25) is 11.9 Å². The summed E-state index contributed by atoms with van der Waals surface area (Å²) in [6, 6.07) is 17.9. The molecule has 12 heteroatoms. The highest BCUT2D eigenvalue weighted by atomic mass is 16.6. The van der Waals surface area contributed by atoms with Gasteiger partial charge in [0, 0.05) is 25.5 Å². The average Bonchev–Trinajstić information content (AvgIpc) is 3.97. The minimum atomic E-state index is -0.541. The number of likely N-dealkylation sites (tertiary alicyclic amines) is 2. The Morgan fingerprint density at radius 1 is 0.784 bits per heavy atom. The molecule has 2 fully saturated rings. The quantitative estimate of drug-likeness (QED) is 0.144. The molecule has 0 aliphatic carbocycles. The number of ether oxygens (including phenoxy) is 1. The zero-order chi connectivity index (χ0) is 35.5. The van der Waals surface area contributed by atoms with Crippen molar-refractivity contribution in [3.05, 3.63) is 91.0 Å². The molecule has 2 amide bonds. The third kappa shape index (κ3) is 7.50. The second-order valence-electron chi connectivity index (χ2n) is 14.2. The van der Waals surface area contributed by atoms with Crippen molar-refractivity contribution in [2.24, 2.45) is 0 Å². The molecule has 0 radical (unpaired) electrons. The maximum Gasteiger partial charge on any atom is 0.410 e. The SMILES string of the molecule is CC[C@H](Nc1ncccn1)C(=O)N1CCC[C@H]1c1ncc(-c2ccc(-c3ccc(-c4cnc([C@@H]5CCCN5C(=O)OC(C)(C)C)[nH]4)cc3)cc2)[nH]1. The van der Waals surface area contributed by atoms with Crippen molar-refractivity contribution in [2.75, 3.05) is 18.4 Å². The van der Waals surface area contributed by atoms with Gasteiger partial charge in [0.1, 0.15) is 23.3 Å². The van der Waals surface area contributed by atoms with Crippen LogP contribution in [0.4, 0.5) is 10.7 Å². The van der Waals surface area contributed by atoms with Crippen molar-refractivity contribution in [1.29, 1.82) is 0 Å². The van der Waals surface area contributed by atoms with Gasteiger partial charge >= 0.3 is 6.09 Å². The van der Waals surface area contributed by atoms with Crippen LogP contribution in [-0.4, -0.2) is 76.4 Å². The van der Waals surface area contributed by atoms with Crippen LogP contribution in [0.5, 0.6) is 0 Å². The number of carbonyl (C=O) groups excluding carboxylic acids is 2. The first kappa shape index (κ1) is 34.0. The lowest BCUT2D eigenvalue weighted by atomic mass is 10.0. The molecule has 5 aromatic rings. The largest absolute Gasteiger partial charge is 0.444 e. The lowest BCUT2D eigenvalue weighted by molar-refractivity contribution is -0.133. The van der Waals surface area contributed by atoms with Gasteiger partial charge in [-0.3, -0.25) is 9.69 Å². The summed E-state index contributed by atoms with van der Waals surface area (Å²) < 4.78 is 5.63. The van der Waals surface area contributed by atoms with Crippen molar-refractivity contribution in [1.82, 2.24) is 39.7 Å². The Morgan fingerprint density at radius 3 is 1.78 bits per heavy atom. The summed E-state index contributed by atoms with van der Waals surface area (Å²) in [6.07, 6.45) is 10.9. The number of rotatable bonds is 9. The van der Waals surface area contributed by atoms with Crippen molar-refractivity contribution in [3.63, 3.8) is 0 Å². The Hall–Kier alpha value is -5.52. The summed E-state index contributed by atoms with van der Waals surface area (Å²) >= 11 is 0. The zero-order valence-corrected chi connectivity index (χ0v) is 29.6. The molecule has 0 spiro atoms. The smallest absolute Gasteiger partial charge is 0.410 e. The number of nitrogens with zero attached hydrogens (tertiary/aromatic N) is 6. The van der Waals surface area contributed by atoms with Crippen LogP contribution >= 0.6 is 0 Å². The molecule has 0 unspecified atom stereocenters. The number of hydrogen-bond donors (Lipinski definition) is 3. The van der Waals surface area contributed by atoms with Gasteiger partial charge in [0.15, 0.2) is 0 Å². The number of nitrogens with one attached hydrogen (secondary N) is 3. The van der Waals surface area contributed by atoms with Crippen LogP contribution in [0, 0.1) is 0 Å². The second kappa shape index (κ2) is 14.4. The topological polar surface area (TPSA) is 145 Å². The normalized spacial score (nSPS) is 18.2. The summed E-state index contributed by atoms with van der Waals surface area (Å²) in [6.45, 7) is 8.99. The van der Waals surface area contributed by atoms with E-state index in [1.165, 1.54) is 0 Å². The number of benzene rings is 2.